The first-order valence-corrected chi connectivity index (χ1v) is 12.4. The van der Waals surface area contributed by atoms with Crippen LogP contribution in [0.5, 0.6) is 11.5 Å². The second-order valence-electron chi connectivity index (χ2n) is 9.40. The Hall–Kier alpha value is -3.76. The van der Waals surface area contributed by atoms with Gasteiger partial charge in [0, 0.05) is 26.2 Å². The lowest BCUT2D eigenvalue weighted by Gasteiger charge is -2.27. The lowest BCUT2D eigenvalue weighted by Crippen LogP contribution is -2.46. The number of benzene rings is 2. The van der Waals surface area contributed by atoms with E-state index in [1.165, 1.54) is 9.80 Å². The van der Waals surface area contributed by atoms with Crippen molar-refractivity contribution in [1.29, 1.82) is 0 Å². The topological polar surface area (TPSA) is 99.7 Å². The summed E-state index contributed by atoms with van der Waals surface area (Å²) in [6.07, 6.45) is 0.967. The van der Waals surface area contributed by atoms with Crippen LogP contribution < -0.4 is 19.3 Å². The van der Waals surface area contributed by atoms with E-state index in [1.807, 2.05) is 9.80 Å². The van der Waals surface area contributed by atoms with Crippen molar-refractivity contribution in [3.63, 3.8) is 0 Å². The van der Waals surface area contributed by atoms with Crippen LogP contribution >= 0.6 is 0 Å². The van der Waals surface area contributed by atoms with Gasteiger partial charge in [-0.25, -0.2) is 9.80 Å². The van der Waals surface area contributed by atoms with E-state index in [-0.39, 0.29) is 36.5 Å². The van der Waals surface area contributed by atoms with Crippen LogP contribution in [0.3, 0.4) is 0 Å². The molecule has 2 aromatic rings. The fraction of sp³-hybridized carbons (Fsp3) is 0.407. The zero-order valence-corrected chi connectivity index (χ0v) is 21.0. The summed E-state index contributed by atoms with van der Waals surface area (Å²) < 4.78 is 10.3. The third-order valence-electron chi connectivity index (χ3n) is 7.35. The van der Waals surface area contributed by atoms with E-state index < -0.39 is 12.1 Å². The SMILES string of the molecule is COc1ccc(N2C(=O)C[C@@H](N3CCCN([C@@H]4CC(=O)N(c5ccc(OC)cc5)C4=O)CC3)C2=O)cc1. The molecule has 2 aromatic carbocycles. The van der Waals surface area contributed by atoms with Gasteiger partial charge in [0.25, 0.3) is 11.8 Å². The Morgan fingerprint density at radius 1 is 0.595 bits per heavy atom. The van der Waals surface area contributed by atoms with Crippen molar-refractivity contribution in [2.45, 2.75) is 31.3 Å². The summed E-state index contributed by atoms with van der Waals surface area (Å²) in [5, 5.41) is 0. The number of carbonyl (C=O) groups is 4. The number of hydrogen-bond donors (Lipinski definition) is 0. The van der Waals surface area contributed by atoms with E-state index in [9.17, 15) is 19.2 Å². The van der Waals surface area contributed by atoms with Crippen LogP contribution in [0, 0.1) is 0 Å². The summed E-state index contributed by atoms with van der Waals surface area (Å²) in [6.45, 7) is 2.32. The second kappa shape index (κ2) is 10.3. The zero-order chi connectivity index (χ0) is 26.1. The van der Waals surface area contributed by atoms with Crippen LogP contribution in [0.4, 0.5) is 11.4 Å². The first-order valence-electron chi connectivity index (χ1n) is 12.4. The molecule has 10 nitrogen and oxygen atoms in total. The van der Waals surface area contributed by atoms with Gasteiger partial charge in [-0.2, -0.15) is 0 Å². The molecule has 4 amide bonds. The van der Waals surface area contributed by atoms with E-state index >= 15 is 0 Å². The maximum Gasteiger partial charge on any atom is 0.251 e. The monoisotopic (exact) mass is 506 g/mol. The van der Waals surface area contributed by atoms with Crippen LogP contribution in [0.2, 0.25) is 0 Å². The van der Waals surface area contributed by atoms with Crippen LogP contribution in [-0.4, -0.2) is 85.9 Å². The fourth-order valence-corrected chi connectivity index (χ4v) is 5.39. The molecule has 3 saturated heterocycles. The van der Waals surface area contributed by atoms with Gasteiger partial charge in [-0.3, -0.25) is 29.0 Å². The Morgan fingerprint density at radius 3 is 1.32 bits per heavy atom. The third kappa shape index (κ3) is 4.70. The molecular weight excluding hydrogens is 476 g/mol. The number of anilines is 2. The largest absolute Gasteiger partial charge is 0.497 e. The molecule has 0 unspecified atom stereocenters. The normalized spacial score (nSPS) is 23.6. The maximum atomic E-state index is 13.3. The number of hydrogen-bond acceptors (Lipinski definition) is 8. The first-order chi connectivity index (χ1) is 17.9. The maximum absolute atomic E-state index is 13.3. The molecule has 3 fully saturated rings. The first kappa shape index (κ1) is 24.9. The highest BCUT2D eigenvalue weighted by atomic mass is 16.5. The van der Waals surface area contributed by atoms with Gasteiger partial charge >= 0.3 is 0 Å². The van der Waals surface area contributed by atoms with Gasteiger partial charge in [-0.05, 0) is 55.0 Å². The minimum atomic E-state index is -0.536. The van der Waals surface area contributed by atoms with Gasteiger partial charge in [0.05, 0.1) is 50.5 Å². The number of methoxy groups -OCH3 is 2. The van der Waals surface area contributed by atoms with Crippen molar-refractivity contribution >= 4 is 35.0 Å². The summed E-state index contributed by atoms with van der Waals surface area (Å²) >= 11 is 0. The van der Waals surface area contributed by atoms with E-state index in [1.54, 1.807) is 62.8 Å². The smallest absolute Gasteiger partial charge is 0.251 e. The molecule has 3 heterocycles. The molecule has 37 heavy (non-hydrogen) atoms. The molecule has 2 atom stereocenters. The Labute approximate surface area is 215 Å². The quantitative estimate of drug-likeness (QED) is 0.546. The molecule has 0 aliphatic carbocycles. The minimum absolute atomic E-state index is 0.122. The molecule has 0 spiro atoms. The fourth-order valence-electron chi connectivity index (χ4n) is 5.39. The van der Waals surface area contributed by atoms with E-state index in [2.05, 4.69) is 0 Å². The molecule has 0 radical (unpaired) electrons. The van der Waals surface area contributed by atoms with Gasteiger partial charge in [0.15, 0.2) is 0 Å². The third-order valence-corrected chi connectivity index (χ3v) is 7.35. The van der Waals surface area contributed by atoms with Crippen molar-refractivity contribution in [3.05, 3.63) is 48.5 Å². The summed E-state index contributed by atoms with van der Waals surface area (Å²) in [6, 6.07) is 12.7. The molecule has 10 heteroatoms. The van der Waals surface area contributed by atoms with Gasteiger partial charge in [-0.15, -0.1) is 0 Å². The van der Waals surface area contributed by atoms with Crippen molar-refractivity contribution in [3.8, 4) is 11.5 Å². The summed E-state index contributed by atoms with van der Waals surface area (Å²) in [7, 11) is 3.12. The lowest BCUT2D eigenvalue weighted by molar-refractivity contribution is -0.124. The summed E-state index contributed by atoms with van der Waals surface area (Å²) in [4.78, 5) is 58.7. The minimum Gasteiger partial charge on any atom is -0.497 e. The Bertz CT molecular complexity index is 1100. The Balaban J connectivity index is 1.24. The second-order valence-corrected chi connectivity index (χ2v) is 9.40. The predicted molar refractivity (Wildman–Crippen MR) is 136 cm³/mol. The molecule has 3 aliphatic rings. The number of nitrogens with zero attached hydrogens (tertiary/aromatic N) is 4. The van der Waals surface area contributed by atoms with Gasteiger partial charge in [-0.1, -0.05) is 0 Å². The highest BCUT2D eigenvalue weighted by molar-refractivity contribution is 6.23. The van der Waals surface area contributed by atoms with Crippen LogP contribution in [0.15, 0.2) is 48.5 Å². The van der Waals surface area contributed by atoms with Crippen LogP contribution in [0.25, 0.3) is 0 Å². The van der Waals surface area contributed by atoms with Crippen LogP contribution in [0.1, 0.15) is 19.3 Å². The van der Waals surface area contributed by atoms with Crippen molar-refractivity contribution < 1.29 is 28.7 Å². The number of carbonyl (C=O) groups excluding carboxylic acids is 4. The molecule has 194 valence electrons. The zero-order valence-electron chi connectivity index (χ0n) is 21.0. The number of ether oxygens (including phenoxy) is 2. The number of amides is 4. The van der Waals surface area contributed by atoms with E-state index in [0.29, 0.717) is 49.1 Å². The number of rotatable bonds is 6. The average Bonchev–Trinajstić information content (AvgIpc) is 3.24. The average molecular weight is 507 g/mol. The van der Waals surface area contributed by atoms with Crippen molar-refractivity contribution in [2.75, 3.05) is 50.2 Å². The Kier molecular flexibility index (Phi) is 6.94. The summed E-state index contributed by atoms with van der Waals surface area (Å²) in [5.74, 6) is 0.374. The lowest BCUT2D eigenvalue weighted by atomic mass is 10.2. The van der Waals surface area contributed by atoms with Crippen LogP contribution in [-0.2, 0) is 19.2 Å². The van der Waals surface area contributed by atoms with E-state index in [0.717, 1.165) is 6.42 Å². The van der Waals surface area contributed by atoms with Gasteiger partial charge < -0.3 is 9.47 Å². The molecule has 0 saturated carbocycles. The number of imide groups is 2. The molecular formula is C27H30N4O6. The summed E-state index contributed by atoms with van der Waals surface area (Å²) in [5.41, 5.74) is 1.06. The van der Waals surface area contributed by atoms with Crippen molar-refractivity contribution in [1.82, 2.24) is 9.80 Å². The molecule has 0 bridgehead atoms. The van der Waals surface area contributed by atoms with Gasteiger partial charge in [0.1, 0.15) is 11.5 Å². The van der Waals surface area contributed by atoms with Gasteiger partial charge in [0.2, 0.25) is 11.8 Å². The molecule has 3 aliphatic heterocycles. The molecule has 0 N–H and O–H groups in total. The predicted octanol–water partition coefficient (Wildman–Crippen LogP) is 1.68. The highest BCUT2D eigenvalue weighted by Crippen LogP contribution is 2.30. The molecule has 5 rings (SSSR count). The standard InChI is InChI=1S/C27H30N4O6/c1-36-20-8-4-18(5-9-20)30-24(32)16-22(26(30)34)28-12-3-13-29(15-14-28)23-17-25(33)31(27(23)35)19-6-10-21(37-2)11-7-19/h4-11,22-23H,3,12-17H2,1-2H3/t22-,23-/m1/s1. The van der Waals surface area contributed by atoms with Crippen molar-refractivity contribution in [2.24, 2.45) is 0 Å². The van der Waals surface area contributed by atoms with E-state index in [4.69, 9.17) is 9.47 Å². The Morgan fingerprint density at radius 2 is 0.973 bits per heavy atom. The molecule has 0 aromatic heterocycles. The highest BCUT2D eigenvalue weighted by Gasteiger charge is 2.45.